The highest BCUT2D eigenvalue weighted by atomic mass is 19.1. The summed E-state index contributed by atoms with van der Waals surface area (Å²) in [5, 5.41) is 0. The van der Waals surface area contributed by atoms with Crippen LogP contribution >= 0.6 is 0 Å². The number of halogens is 2. The van der Waals surface area contributed by atoms with Gasteiger partial charge in [-0.3, -0.25) is 4.79 Å². The maximum atomic E-state index is 14.0. The third-order valence-electron chi connectivity index (χ3n) is 4.44. The molecule has 1 aromatic heterocycles. The van der Waals surface area contributed by atoms with E-state index in [9.17, 15) is 13.6 Å². The Kier molecular flexibility index (Phi) is 4.54. The van der Waals surface area contributed by atoms with E-state index < -0.39 is 0 Å². The topological polar surface area (TPSA) is 42.4 Å². The van der Waals surface area contributed by atoms with Crippen molar-refractivity contribution in [3.63, 3.8) is 0 Å². The molecular weight excluding hydrogens is 350 g/mol. The molecule has 136 valence electrons. The molecule has 2 heterocycles. The highest BCUT2D eigenvalue weighted by molar-refractivity contribution is 5.78. The van der Waals surface area contributed by atoms with Gasteiger partial charge in [-0.25, -0.2) is 13.8 Å². The minimum Gasteiger partial charge on any atom is -0.482 e. The number of pyridine rings is 1. The SMILES string of the molecule is O=C1COc2ccc(-c3ccc(F)cc3)nc2CN1Cc1ccccc1F. The van der Waals surface area contributed by atoms with Crippen molar-refractivity contribution < 1.29 is 18.3 Å². The molecule has 1 aliphatic rings. The molecule has 0 saturated carbocycles. The van der Waals surface area contributed by atoms with Gasteiger partial charge in [-0.1, -0.05) is 18.2 Å². The van der Waals surface area contributed by atoms with E-state index in [1.54, 1.807) is 42.5 Å². The van der Waals surface area contributed by atoms with Crippen LogP contribution < -0.4 is 4.74 Å². The number of amides is 1. The second kappa shape index (κ2) is 7.15. The Morgan fingerprint density at radius 3 is 2.56 bits per heavy atom. The molecule has 0 unspecified atom stereocenters. The lowest BCUT2D eigenvalue weighted by Gasteiger charge is -2.20. The van der Waals surface area contributed by atoms with Gasteiger partial charge in [0.2, 0.25) is 0 Å². The lowest BCUT2D eigenvalue weighted by Crippen LogP contribution is -2.32. The van der Waals surface area contributed by atoms with Crippen LogP contribution in [0.15, 0.2) is 60.7 Å². The molecule has 3 aromatic rings. The Labute approximate surface area is 155 Å². The second-order valence-electron chi connectivity index (χ2n) is 6.28. The summed E-state index contributed by atoms with van der Waals surface area (Å²) in [6, 6.07) is 15.9. The number of rotatable bonds is 3. The van der Waals surface area contributed by atoms with Gasteiger partial charge >= 0.3 is 0 Å². The van der Waals surface area contributed by atoms with Crippen LogP contribution in [0.1, 0.15) is 11.3 Å². The highest BCUT2D eigenvalue weighted by Gasteiger charge is 2.24. The van der Waals surface area contributed by atoms with Crippen molar-refractivity contribution in [1.29, 1.82) is 0 Å². The minimum absolute atomic E-state index is 0.126. The summed E-state index contributed by atoms with van der Waals surface area (Å²) < 4.78 is 32.7. The van der Waals surface area contributed by atoms with Crippen LogP contribution in [0, 0.1) is 11.6 Å². The van der Waals surface area contributed by atoms with Gasteiger partial charge in [0, 0.05) is 17.7 Å². The molecule has 0 saturated heterocycles. The minimum atomic E-state index is -0.358. The molecule has 1 aliphatic heterocycles. The Morgan fingerprint density at radius 1 is 1.00 bits per heavy atom. The van der Waals surface area contributed by atoms with E-state index in [1.165, 1.54) is 23.1 Å². The first-order chi connectivity index (χ1) is 13.1. The summed E-state index contributed by atoms with van der Waals surface area (Å²) in [7, 11) is 0. The molecule has 4 nitrogen and oxygen atoms in total. The maximum absolute atomic E-state index is 14.0. The van der Waals surface area contributed by atoms with Crippen LogP contribution in [-0.2, 0) is 17.9 Å². The highest BCUT2D eigenvalue weighted by Crippen LogP contribution is 2.27. The van der Waals surface area contributed by atoms with E-state index in [1.807, 2.05) is 0 Å². The molecule has 0 radical (unpaired) electrons. The number of hydrogen-bond acceptors (Lipinski definition) is 3. The number of ether oxygens (including phenoxy) is 1. The summed E-state index contributed by atoms with van der Waals surface area (Å²) in [5.41, 5.74) is 2.43. The summed E-state index contributed by atoms with van der Waals surface area (Å²) >= 11 is 0. The van der Waals surface area contributed by atoms with E-state index in [4.69, 9.17) is 4.74 Å². The van der Waals surface area contributed by atoms with Crippen molar-refractivity contribution in [2.45, 2.75) is 13.1 Å². The predicted molar refractivity (Wildman–Crippen MR) is 95.8 cm³/mol. The van der Waals surface area contributed by atoms with Crippen LogP contribution in [0.5, 0.6) is 5.75 Å². The largest absolute Gasteiger partial charge is 0.482 e. The van der Waals surface area contributed by atoms with Crippen molar-refractivity contribution in [2.75, 3.05) is 6.61 Å². The summed E-state index contributed by atoms with van der Waals surface area (Å²) in [5.74, 6) is -0.396. The van der Waals surface area contributed by atoms with E-state index in [-0.39, 0.29) is 37.2 Å². The van der Waals surface area contributed by atoms with Gasteiger partial charge in [0.1, 0.15) is 23.1 Å². The average Bonchev–Trinajstić information content (AvgIpc) is 2.83. The maximum Gasteiger partial charge on any atom is 0.261 e. The van der Waals surface area contributed by atoms with Gasteiger partial charge in [-0.05, 0) is 42.5 Å². The summed E-state index contributed by atoms with van der Waals surface area (Å²) in [6.07, 6.45) is 0. The quantitative estimate of drug-likeness (QED) is 0.705. The number of aromatic nitrogens is 1. The second-order valence-corrected chi connectivity index (χ2v) is 6.28. The Balaban J connectivity index is 1.64. The van der Waals surface area contributed by atoms with Crippen LogP contribution in [0.4, 0.5) is 8.78 Å². The zero-order valence-corrected chi connectivity index (χ0v) is 14.4. The van der Waals surface area contributed by atoms with Crippen LogP contribution in [0.2, 0.25) is 0 Å². The first kappa shape index (κ1) is 17.1. The lowest BCUT2D eigenvalue weighted by molar-refractivity contribution is -0.133. The average molecular weight is 366 g/mol. The predicted octanol–water partition coefficient (Wildman–Crippen LogP) is 3.95. The van der Waals surface area contributed by atoms with Crippen molar-refractivity contribution >= 4 is 5.91 Å². The molecule has 0 spiro atoms. The summed E-state index contributed by atoms with van der Waals surface area (Å²) in [6.45, 7) is 0.216. The Bertz CT molecular complexity index is 990. The van der Waals surface area contributed by atoms with Crippen LogP contribution in [0.3, 0.4) is 0 Å². The fourth-order valence-corrected chi connectivity index (χ4v) is 2.99. The normalized spacial score (nSPS) is 13.7. The number of nitrogens with zero attached hydrogens (tertiary/aromatic N) is 2. The van der Waals surface area contributed by atoms with Crippen molar-refractivity contribution in [3.8, 4) is 17.0 Å². The molecule has 0 fully saturated rings. The van der Waals surface area contributed by atoms with E-state index in [0.29, 0.717) is 22.7 Å². The summed E-state index contributed by atoms with van der Waals surface area (Å²) in [4.78, 5) is 18.5. The first-order valence-corrected chi connectivity index (χ1v) is 8.50. The Hall–Kier alpha value is -3.28. The molecule has 1 amide bonds. The van der Waals surface area contributed by atoms with Gasteiger partial charge < -0.3 is 9.64 Å². The van der Waals surface area contributed by atoms with Gasteiger partial charge in [0.15, 0.2) is 6.61 Å². The van der Waals surface area contributed by atoms with Crippen LogP contribution in [-0.4, -0.2) is 22.4 Å². The van der Waals surface area contributed by atoms with Crippen molar-refractivity contribution in [2.24, 2.45) is 0 Å². The van der Waals surface area contributed by atoms with E-state index in [2.05, 4.69) is 4.98 Å². The number of fused-ring (bicyclic) bond motifs is 1. The van der Waals surface area contributed by atoms with E-state index in [0.717, 1.165) is 5.56 Å². The molecule has 0 bridgehead atoms. The molecule has 0 aliphatic carbocycles. The zero-order valence-electron chi connectivity index (χ0n) is 14.4. The third-order valence-corrected chi connectivity index (χ3v) is 4.44. The van der Waals surface area contributed by atoms with E-state index >= 15 is 0 Å². The van der Waals surface area contributed by atoms with Gasteiger partial charge in [0.25, 0.3) is 5.91 Å². The molecular formula is C21H16F2N2O2. The Morgan fingerprint density at radius 2 is 1.78 bits per heavy atom. The van der Waals surface area contributed by atoms with Gasteiger partial charge in [-0.15, -0.1) is 0 Å². The number of hydrogen-bond donors (Lipinski definition) is 0. The number of carbonyl (C=O) groups is 1. The molecule has 0 atom stereocenters. The smallest absolute Gasteiger partial charge is 0.261 e. The molecule has 27 heavy (non-hydrogen) atoms. The van der Waals surface area contributed by atoms with Gasteiger partial charge in [0.05, 0.1) is 12.2 Å². The molecule has 4 rings (SSSR count). The monoisotopic (exact) mass is 366 g/mol. The zero-order chi connectivity index (χ0) is 18.8. The third kappa shape index (κ3) is 3.65. The molecule has 0 N–H and O–H groups in total. The van der Waals surface area contributed by atoms with Crippen molar-refractivity contribution in [3.05, 3.63) is 83.6 Å². The lowest BCUT2D eigenvalue weighted by atomic mass is 10.1. The molecule has 2 aromatic carbocycles. The van der Waals surface area contributed by atoms with Gasteiger partial charge in [-0.2, -0.15) is 0 Å². The fraction of sp³-hybridized carbons (Fsp3) is 0.143. The first-order valence-electron chi connectivity index (χ1n) is 8.50. The van der Waals surface area contributed by atoms with Crippen molar-refractivity contribution in [1.82, 2.24) is 9.88 Å². The van der Waals surface area contributed by atoms with Crippen LogP contribution in [0.25, 0.3) is 11.3 Å². The number of benzene rings is 2. The standard InChI is InChI=1S/C21H16F2N2O2/c22-16-7-5-14(6-8-16)18-9-10-20-19(24-18)12-25(21(26)13-27-20)11-15-3-1-2-4-17(15)23/h1-10H,11-13H2. The fourth-order valence-electron chi connectivity index (χ4n) is 2.99. The molecule has 6 heteroatoms. The number of carbonyl (C=O) groups excluding carboxylic acids is 1.